The maximum atomic E-state index is 4.14. The second-order valence-corrected chi connectivity index (χ2v) is 3.69. The molecule has 2 heteroatoms. The maximum Gasteiger partial charge on any atom is 0.124 e. The molecule has 2 rings (SSSR count). The summed E-state index contributed by atoms with van der Waals surface area (Å²) in [6.07, 6.45) is 3.91. The van der Waals surface area contributed by atoms with Gasteiger partial charge in [0.2, 0.25) is 0 Å². The molecule has 0 atom stereocenters. The van der Waals surface area contributed by atoms with Crippen molar-refractivity contribution in [3.8, 4) is 10.6 Å². The van der Waals surface area contributed by atoms with Crippen molar-refractivity contribution in [2.75, 3.05) is 0 Å². The minimum absolute atomic E-state index is 1.04. The average Bonchev–Trinajstić information content (AvgIpc) is 2.71. The van der Waals surface area contributed by atoms with Crippen LogP contribution in [0.1, 0.15) is 12.5 Å². The van der Waals surface area contributed by atoms with Crippen LogP contribution in [0.25, 0.3) is 10.6 Å². The molecule has 1 aromatic carbocycles. The Hall–Kier alpha value is -1.15. The van der Waals surface area contributed by atoms with Crippen LogP contribution < -0.4 is 0 Å². The average molecular weight is 188 g/mol. The van der Waals surface area contributed by atoms with E-state index in [1.54, 1.807) is 11.3 Å². The molecular formula is C11H10NS. The van der Waals surface area contributed by atoms with Crippen LogP contribution in [0, 0.1) is 6.20 Å². The SMILES string of the molecule is CCc1ccc(-c2n[c]cs2)cc1. The lowest BCUT2D eigenvalue weighted by Crippen LogP contribution is -1.80. The molecule has 2 aromatic rings. The van der Waals surface area contributed by atoms with Gasteiger partial charge in [0, 0.05) is 10.9 Å². The first-order valence-electron chi connectivity index (χ1n) is 4.31. The van der Waals surface area contributed by atoms with Gasteiger partial charge in [0.25, 0.3) is 0 Å². The van der Waals surface area contributed by atoms with E-state index in [1.165, 1.54) is 11.1 Å². The van der Waals surface area contributed by atoms with E-state index in [4.69, 9.17) is 0 Å². The summed E-state index contributed by atoms with van der Waals surface area (Å²) in [4.78, 5) is 4.14. The normalized spacial score (nSPS) is 10.2. The van der Waals surface area contributed by atoms with Gasteiger partial charge in [-0.3, -0.25) is 0 Å². The van der Waals surface area contributed by atoms with Crippen LogP contribution in [-0.2, 0) is 6.42 Å². The summed E-state index contributed by atoms with van der Waals surface area (Å²) in [6.45, 7) is 2.16. The van der Waals surface area contributed by atoms with Crippen LogP contribution in [0.2, 0.25) is 0 Å². The summed E-state index contributed by atoms with van der Waals surface area (Å²) in [5, 5.41) is 2.92. The number of nitrogens with zero attached hydrogens (tertiary/aromatic N) is 1. The van der Waals surface area contributed by atoms with E-state index in [9.17, 15) is 0 Å². The molecule has 1 aromatic heterocycles. The number of rotatable bonds is 2. The van der Waals surface area contributed by atoms with E-state index in [1.807, 2.05) is 5.38 Å². The second-order valence-electron chi connectivity index (χ2n) is 2.83. The van der Waals surface area contributed by atoms with Crippen LogP contribution in [0.15, 0.2) is 29.6 Å². The highest BCUT2D eigenvalue weighted by molar-refractivity contribution is 7.13. The molecular weight excluding hydrogens is 178 g/mol. The van der Waals surface area contributed by atoms with Crippen molar-refractivity contribution in [3.63, 3.8) is 0 Å². The fraction of sp³-hybridized carbons (Fsp3) is 0.182. The molecule has 13 heavy (non-hydrogen) atoms. The highest BCUT2D eigenvalue weighted by atomic mass is 32.1. The lowest BCUT2D eigenvalue weighted by molar-refractivity contribution is 1.14. The number of hydrogen-bond acceptors (Lipinski definition) is 2. The molecule has 1 nitrogen and oxygen atoms in total. The fourth-order valence-electron chi connectivity index (χ4n) is 1.21. The van der Waals surface area contributed by atoms with Crippen LogP contribution in [0.3, 0.4) is 0 Å². The van der Waals surface area contributed by atoms with Crippen molar-refractivity contribution in [3.05, 3.63) is 41.4 Å². The van der Waals surface area contributed by atoms with Crippen molar-refractivity contribution in [1.29, 1.82) is 0 Å². The molecule has 0 saturated heterocycles. The van der Waals surface area contributed by atoms with Crippen molar-refractivity contribution in [2.24, 2.45) is 0 Å². The standard InChI is InChI=1S/C11H10NS/c1-2-9-3-5-10(6-4-9)11-12-7-8-13-11/h3-6,8H,2H2,1H3. The Kier molecular flexibility index (Phi) is 2.41. The molecule has 1 radical (unpaired) electrons. The molecule has 0 aliphatic carbocycles. The van der Waals surface area contributed by atoms with Gasteiger partial charge in [-0.2, -0.15) is 0 Å². The van der Waals surface area contributed by atoms with Crippen molar-refractivity contribution < 1.29 is 0 Å². The Bertz CT molecular complexity index is 361. The predicted molar refractivity (Wildman–Crippen MR) is 55.8 cm³/mol. The summed E-state index contributed by atoms with van der Waals surface area (Å²) >= 11 is 1.62. The first kappa shape index (κ1) is 8.45. The van der Waals surface area contributed by atoms with Crippen LogP contribution in [-0.4, -0.2) is 4.98 Å². The minimum Gasteiger partial charge on any atom is -0.234 e. The highest BCUT2D eigenvalue weighted by Gasteiger charge is 1.98. The molecule has 0 aliphatic rings. The summed E-state index contributed by atoms with van der Waals surface area (Å²) in [7, 11) is 0. The molecule has 0 unspecified atom stereocenters. The number of aromatic nitrogens is 1. The Labute approximate surface area is 82.1 Å². The first-order valence-corrected chi connectivity index (χ1v) is 5.19. The largest absolute Gasteiger partial charge is 0.234 e. The zero-order chi connectivity index (χ0) is 9.10. The molecule has 0 aliphatic heterocycles. The Morgan fingerprint density at radius 3 is 2.62 bits per heavy atom. The van der Waals surface area contributed by atoms with Crippen LogP contribution in [0.5, 0.6) is 0 Å². The summed E-state index contributed by atoms with van der Waals surface area (Å²) in [5.41, 5.74) is 2.55. The third kappa shape index (κ3) is 1.78. The zero-order valence-electron chi connectivity index (χ0n) is 7.45. The van der Waals surface area contributed by atoms with Gasteiger partial charge < -0.3 is 0 Å². The molecule has 0 N–H and O–H groups in total. The van der Waals surface area contributed by atoms with Gasteiger partial charge in [-0.1, -0.05) is 31.2 Å². The number of benzene rings is 1. The quantitative estimate of drug-likeness (QED) is 0.705. The number of thiazole rings is 1. The molecule has 1 heterocycles. The first-order chi connectivity index (χ1) is 6.40. The van der Waals surface area contributed by atoms with Crippen molar-refractivity contribution in [2.45, 2.75) is 13.3 Å². The number of aryl methyl sites for hydroxylation is 1. The summed E-state index contributed by atoms with van der Waals surface area (Å²) in [5.74, 6) is 0. The van der Waals surface area contributed by atoms with E-state index in [2.05, 4.69) is 42.4 Å². The van der Waals surface area contributed by atoms with Crippen molar-refractivity contribution in [1.82, 2.24) is 4.98 Å². The molecule has 0 spiro atoms. The lowest BCUT2D eigenvalue weighted by Gasteiger charge is -1.98. The minimum atomic E-state index is 1.04. The Morgan fingerprint density at radius 1 is 1.31 bits per heavy atom. The van der Waals surface area contributed by atoms with Gasteiger partial charge in [0.15, 0.2) is 0 Å². The smallest absolute Gasteiger partial charge is 0.124 e. The highest BCUT2D eigenvalue weighted by Crippen LogP contribution is 2.21. The van der Waals surface area contributed by atoms with E-state index in [0.29, 0.717) is 0 Å². The van der Waals surface area contributed by atoms with E-state index in [0.717, 1.165) is 11.4 Å². The second kappa shape index (κ2) is 3.71. The van der Waals surface area contributed by atoms with Gasteiger partial charge in [-0.15, -0.1) is 11.3 Å². The Morgan fingerprint density at radius 2 is 2.08 bits per heavy atom. The fourth-order valence-corrected chi connectivity index (χ4v) is 1.80. The van der Waals surface area contributed by atoms with Gasteiger partial charge in [0.1, 0.15) is 11.2 Å². The van der Waals surface area contributed by atoms with Gasteiger partial charge >= 0.3 is 0 Å². The van der Waals surface area contributed by atoms with Gasteiger partial charge in [-0.25, -0.2) is 4.98 Å². The van der Waals surface area contributed by atoms with Crippen LogP contribution >= 0.6 is 11.3 Å². The summed E-state index contributed by atoms with van der Waals surface area (Å²) < 4.78 is 0. The lowest BCUT2D eigenvalue weighted by atomic mass is 10.1. The molecule has 0 saturated carbocycles. The third-order valence-electron chi connectivity index (χ3n) is 2.00. The van der Waals surface area contributed by atoms with E-state index < -0.39 is 0 Å². The number of hydrogen-bond donors (Lipinski definition) is 0. The molecule has 0 amide bonds. The topological polar surface area (TPSA) is 12.9 Å². The molecule has 0 fully saturated rings. The van der Waals surface area contributed by atoms with E-state index in [-0.39, 0.29) is 0 Å². The molecule has 65 valence electrons. The van der Waals surface area contributed by atoms with Crippen LogP contribution in [0.4, 0.5) is 0 Å². The third-order valence-corrected chi connectivity index (χ3v) is 2.77. The monoisotopic (exact) mass is 188 g/mol. The summed E-state index contributed by atoms with van der Waals surface area (Å²) in [6, 6.07) is 8.53. The predicted octanol–water partition coefficient (Wildman–Crippen LogP) is 3.17. The zero-order valence-corrected chi connectivity index (χ0v) is 8.27. The van der Waals surface area contributed by atoms with Gasteiger partial charge in [-0.05, 0) is 12.0 Å². The Balaban J connectivity index is 2.33. The molecule has 0 bridgehead atoms. The maximum absolute atomic E-state index is 4.14. The van der Waals surface area contributed by atoms with Crippen molar-refractivity contribution >= 4 is 11.3 Å². The van der Waals surface area contributed by atoms with Gasteiger partial charge in [0.05, 0.1) is 0 Å². The van der Waals surface area contributed by atoms with E-state index >= 15 is 0 Å².